The van der Waals surface area contributed by atoms with E-state index in [1.165, 1.54) is 0 Å². The van der Waals surface area contributed by atoms with Gasteiger partial charge in [0.15, 0.2) is 0 Å². The zero-order valence-corrected chi connectivity index (χ0v) is 11.0. The number of rotatable bonds is 0. The van der Waals surface area contributed by atoms with E-state index in [9.17, 15) is 9.00 Å². The molecule has 98 valence electrons. The summed E-state index contributed by atoms with van der Waals surface area (Å²) in [6.07, 6.45) is -0.223. The molecule has 0 aromatic heterocycles. The van der Waals surface area contributed by atoms with Crippen molar-refractivity contribution in [2.75, 3.05) is 13.1 Å². The molecule has 2 rings (SSSR count). The summed E-state index contributed by atoms with van der Waals surface area (Å²) in [5.74, 6) is 0. The van der Waals surface area contributed by atoms with E-state index in [1.54, 1.807) is 4.90 Å². The molecule has 2 saturated heterocycles. The number of nitrogens with zero attached hydrogens (tertiary/aromatic N) is 1. The molecule has 0 radical (unpaired) electrons. The third-order valence-electron chi connectivity index (χ3n) is 2.55. The number of amides is 1. The van der Waals surface area contributed by atoms with Crippen molar-refractivity contribution in [3.8, 4) is 0 Å². The van der Waals surface area contributed by atoms with E-state index in [-0.39, 0.29) is 18.3 Å². The van der Waals surface area contributed by atoms with Gasteiger partial charge in [-0.2, -0.15) is 4.21 Å². The molecule has 0 spiro atoms. The fourth-order valence-corrected chi connectivity index (χ4v) is 2.67. The van der Waals surface area contributed by atoms with Gasteiger partial charge in [0.2, 0.25) is 0 Å². The van der Waals surface area contributed by atoms with Crippen LogP contribution in [0.3, 0.4) is 0 Å². The summed E-state index contributed by atoms with van der Waals surface area (Å²) in [7, 11) is 0. The summed E-state index contributed by atoms with van der Waals surface area (Å²) >= 11 is -1.67. The molecule has 2 fully saturated rings. The van der Waals surface area contributed by atoms with Gasteiger partial charge in [0.1, 0.15) is 17.8 Å². The molecule has 0 saturated carbocycles. The van der Waals surface area contributed by atoms with Crippen molar-refractivity contribution in [2.24, 2.45) is 0 Å². The lowest BCUT2D eigenvalue weighted by molar-refractivity contribution is -0.000737. The second kappa shape index (κ2) is 4.55. The maximum atomic E-state index is 11.8. The highest BCUT2D eigenvalue weighted by molar-refractivity contribution is 7.75. The highest BCUT2D eigenvalue weighted by atomic mass is 32.2. The summed E-state index contributed by atoms with van der Waals surface area (Å²) in [5.41, 5.74) is -0.510. The van der Waals surface area contributed by atoms with Crippen LogP contribution in [0.15, 0.2) is 0 Å². The van der Waals surface area contributed by atoms with E-state index in [0.29, 0.717) is 19.5 Å². The van der Waals surface area contributed by atoms with Crippen LogP contribution in [0, 0.1) is 0 Å². The average molecular weight is 263 g/mol. The van der Waals surface area contributed by atoms with E-state index in [0.717, 1.165) is 0 Å². The van der Waals surface area contributed by atoms with Gasteiger partial charge in [-0.3, -0.25) is 8.37 Å². The van der Waals surface area contributed by atoms with Crippen LogP contribution in [0.4, 0.5) is 4.79 Å². The fourth-order valence-electron chi connectivity index (χ4n) is 1.81. The van der Waals surface area contributed by atoms with Crippen molar-refractivity contribution in [1.29, 1.82) is 0 Å². The SMILES string of the molecule is CC(C)(C)OC(=O)N1CCC2OS(=O)OC2C1. The van der Waals surface area contributed by atoms with Gasteiger partial charge in [0.25, 0.3) is 0 Å². The lowest BCUT2D eigenvalue weighted by Gasteiger charge is -2.33. The Bertz CT molecular complexity index is 340. The smallest absolute Gasteiger partial charge is 0.410 e. The van der Waals surface area contributed by atoms with Gasteiger partial charge in [0.05, 0.1) is 6.54 Å². The quantitative estimate of drug-likeness (QED) is 0.652. The Kier molecular flexibility index (Phi) is 3.42. The fraction of sp³-hybridized carbons (Fsp3) is 0.900. The first-order valence-electron chi connectivity index (χ1n) is 5.59. The molecule has 0 bridgehead atoms. The van der Waals surface area contributed by atoms with Crippen LogP contribution >= 0.6 is 0 Å². The van der Waals surface area contributed by atoms with E-state index in [4.69, 9.17) is 13.1 Å². The molecule has 0 aliphatic carbocycles. The summed E-state index contributed by atoms with van der Waals surface area (Å²) in [6, 6.07) is 0. The molecule has 3 atom stereocenters. The minimum Gasteiger partial charge on any atom is -0.444 e. The van der Waals surface area contributed by atoms with Crippen LogP contribution < -0.4 is 0 Å². The van der Waals surface area contributed by atoms with Crippen molar-refractivity contribution in [1.82, 2.24) is 4.90 Å². The first-order valence-corrected chi connectivity index (χ1v) is 6.59. The molecule has 0 N–H and O–H groups in total. The van der Waals surface area contributed by atoms with Crippen molar-refractivity contribution < 1.29 is 22.1 Å². The lowest BCUT2D eigenvalue weighted by atomic mass is 10.1. The second-order valence-corrected chi connectivity index (χ2v) is 5.98. The summed E-state index contributed by atoms with van der Waals surface area (Å²) < 4.78 is 26.5. The average Bonchev–Trinajstić information content (AvgIpc) is 2.53. The number of hydrogen-bond acceptors (Lipinski definition) is 5. The van der Waals surface area contributed by atoms with E-state index >= 15 is 0 Å². The maximum Gasteiger partial charge on any atom is 0.410 e. The van der Waals surface area contributed by atoms with Gasteiger partial charge in [-0.1, -0.05) is 0 Å². The second-order valence-electron chi connectivity index (χ2n) is 5.19. The zero-order chi connectivity index (χ0) is 12.6. The minimum absolute atomic E-state index is 0.172. The van der Waals surface area contributed by atoms with E-state index in [2.05, 4.69) is 0 Å². The van der Waals surface area contributed by atoms with Gasteiger partial charge in [-0.05, 0) is 27.2 Å². The van der Waals surface area contributed by atoms with Crippen molar-refractivity contribution >= 4 is 17.5 Å². The monoisotopic (exact) mass is 263 g/mol. The maximum absolute atomic E-state index is 11.8. The summed E-state index contributed by atoms with van der Waals surface area (Å²) in [5, 5.41) is 0. The molecule has 7 heteroatoms. The first kappa shape index (κ1) is 12.8. The normalized spacial score (nSPS) is 33.4. The van der Waals surface area contributed by atoms with Crippen LogP contribution in [0.5, 0.6) is 0 Å². The third kappa shape index (κ3) is 3.17. The van der Waals surface area contributed by atoms with Gasteiger partial charge in [0, 0.05) is 6.54 Å². The zero-order valence-electron chi connectivity index (χ0n) is 10.2. The molecule has 2 aliphatic heterocycles. The van der Waals surface area contributed by atoms with Crippen molar-refractivity contribution in [3.63, 3.8) is 0 Å². The Morgan fingerprint density at radius 2 is 2.00 bits per heavy atom. The molecule has 0 aromatic rings. The largest absolute Gasteiger partial charge is 0.444 e. The Morgan fingerprint density at radius 1 is 1.35 bits per heavy atom. The number of carbonyl (C=O) groups excluding carboxylic acids is 1. The third-order valence-corrected chi connectivity index (χ3v) is 3.36. The molecule has 1 amide bonds. The molecule has 2 aliphatic rings. The van der Waals surface area contributed by atoms with Gasteiger partial charge < -0.3 is 9.64 Å². The van der Waals surface area contributed by atoms with Crippen LogP contribution in [0.1, 0.15) is 27.2 Å². The van der Waals surface area contributed by atoms with Gasteiger partial charge >= 0.3 is 17.5 Å². The minimum atomic E-state index is -1.67. The van der Waals surface area contributed by atoms with Crippen molar-refractivity contribution in [2.45, 2.75) is 45.0 Å². The Morgan fingerprint density at radius 3 is 2.65 bits per heavy atom. The predicted octanol–water partition coefficient (Wildman–Crippen LogP) is 0.990. The summed E-state index contributed by atoms with van der Waals surface area (Å²) in [4.78, 5) is 13.4. The number of likely N-dealkylation sites (tertiary alicyclic amines) is 1. The Balaban J connectivity index is 1.92. The van der Waals surface area contributed by atoms with E-state index < -0.39 is 17.0 Å². The number of ether oxygens (including phenoxy) is 1. The van der Waals surface area contributed by atoms with Gasteiger partial charge in [-0.15, -0.1) is 0 Å². The number of piperidine rings is 1. The van der Waals surface area contributed by atoms with Crippen LogP contribution in [-0.2, 0) is 24.5 Å². The molecular weight excluding hydrogens is 246 g/mol. The summed E-state index contributed by atoms with van der Waals surface area (Å²) in [6.45, 7) is 6.37. The molecule has 0 aromatic carbocycles. The highest BCUT2D eigenvalue weighted by Crippen LogP contribution is 2.26. The number of hydrogen-bond donors (Lipinski definition) is 0. The first-order chi connectivity index (χ1) is 7.85. The Labute approximate surface area is 103 Å². The lowest BCUT2D eigenvalue weighted by Crippen LogP contribution is -2.49. The standard InChI is InChI=1S/C10H17NO5S/c1-10(2,3)14-9(12)11-5-4-7-8(6-11)16-17(13)15-7/h7-8H,4-6H2,1-3H3. The molecule has 6 nitrogen and oxygen atoms in total. The van der Waals surface area contributed by atoms with Crippen LogP contribution in [-0.4, -0.2) is 46.1 Å². The van der Waals surface area contributed by atoms with Gasteiger partial charge in [-0.25, -0.2) is 4.79 Å². The van der Waals surface area contributed by atoms with Crippen LogP contribution in [0.25, 0.3) is 0 Å². The molecular formula is C10H17NO5S. The molecule has 17 heavy (non-hydrogen) atoms. The van der Waals surface area contributed by atoms with Crippen molar-refractivity contribution in [3.05, 3.63) is 0 Å². The topological polar surface area (TPSA) is 65.1 Å². The van der Waals surface area contributed by atoms with E-state index in [1.807, 2.05) is 20.8 Å². The Hall–Kier alpha value is -0.660. The predicted molar refractivity (Wildman–Crippen MR) is 60.3 cm³/mol. The number of carbonyl (C=O) groups is 1. The highest BCUT2D eigenvalue weighted by Gasteiger charge is 2.41. The molecule has 2 heterocycles. The number of fused-ring (bicyclic) bond motifs is 1. The molecule has 3 unspecified atom stereocenters. The van der Waals surface area contributed by atoms with Crippen LogP contribution in [0.2, 0.25) is 0 Å².